The van der Waals surface area contributed by atoms with Gasteiger partial charge in [-0.15, -0.1) is 0 Å². The first-order valence-electron chi connectivity index (χ1n) is 8.03. The third kappa shape index (κ3) is 4.06. The van der Waals surface area contributed by atoms with Gasteiger partial charge in [-0.25, -0.2) is 9.37 Å². The van der Waals surface area contributed by atoms with Crippen LogP contribution in [0.25, 0.3) is 6.08 Å². The van der Waals surface area contributed by atoms with E-state index in [1.807, 2.05) is 12.1 Å². The molecule has 3 rings (SSSR count). The van der Waals surface area contributed by atoms with Crippen molar-refractivity contribution in [2.24, 2.45) is 0 Å². The summed E-state index contributed by atoms with van der Waals surface area (Å²) in [4.78, 5) is 18.9. The van der Waals surface area contributed by atoms with E-state index in [0.29, 0.717) is 5.82 Å². The zero-order valence-electron chi connectivity index (χ0n) is 13.6. The molecule has 5 heteroatoms. The van der Waals surface area contributed by atoms with Crippen molar-refractivity contribution < 1.29 is 9.18 Å². The van der Waals surface area contributed by atoms with E-state index in [1.54, 1.807) is 18.2 Å². The number of hydrogen-bond acceptors (Lipinski definition) is 3. The Morgan fingerprint density at radius 3 is 2.67 bits per heavy atom. The van der Waals surface area contributed by atoms with Gasteiger partial charge in [0, 0.05) is 13.1 Å². The maximum absolute atomic E-state index is 13.7. The molecule has 1 aromatic carbocycles. The van der Waals surface area contributed by atoms with Crippen molar-refractivity contribution in [3.05, 3.63) is 65.1 Å². The molecular weight excluding hydrogens is 305 g/mol. The molecule has 2 aromatic rings. The molecule has 1 saturated heterocycles. The molecule has 0 spiro atoms. The third-order valence-corrected chi connectivity index (χ3v) is 4.11. The van der Waals surface area contributed by atoms with Gasteiger partial charge in [-0.2, -0.15) is 0 Å². The Morgan fingerprint density at radius 1 is 1.17 bits per heavy atom. The molecule has 124 valence electrons. The molecule has 0 aliphatic carbocycles. The second-order valence-electron chi connectivity index (χ2n) is 5.99. The Balaban J connectivity index is 1.73. The van der Waals surface area contributed by atoms with Gasteiger partial charge in [0.1, 0.15) is 11.6 Å². The molecule has 1 N–H and O–H groups in total. The summed E-state index contributed by atoms with van der Waals surface area (Å²) in [6.45, 7) is 2.10. The lowest BCUT2D eigenvalue weighted by Crippen LogP contribution is -2.26. The van der Waals surface area contributed by atoms with Crippen LogP contribution in [0.15, 0.2) is 48.0 Å². The summed E-state index contributed by atoms with van der Waals surface area (Å²) in [5, 5.41) is 2.66. The fourth-order valence-corrected chi connectivity index (χ4v) is 2.69. The van der Waals surface area contributed by atoms with E-state index in [0.717, 1.165) is 31.6 Å². The Bertz CT molecular complexity index is 763. The SMILES string of the molecule is CN1CCC(=Cc2cccc(NC(=O)c3ccccc3F)n2)CC1. The Labute approximate surface area is 141 Å². The number of pyridine rings is 1. The van der Waals surface area contributed by atoms with Crippen molar-refractivity contribution in [3.8, 4) is 0 Å². The lowest BCUT2D eigenvalue weighted by molar-refractivity contribution is 0.102. The minimum Gasteiger partial charge on any atom is -0.306 e. The highest BCUT2D eigenvalue weighted by Crippen LogP contribution is 2.18. The Morgan fingerprint density at radius 2 is 1.92 bits per heavy atom. The average Bonchev–Trinajstić information content (AvgIpc) is 2.58. The number of nitrogens with zero attached hydrogens (tertiary/aromatic N) is 2. The van der Waals surface area contributed by atoms with Gasteiger partial charge in [-0.05, 0) is 50.2 Å². The molecule has 1 aromatic heterocycles. The first kappa shape index (κ1) is 16.3. The molecule has 24 heavy (non-hydrogen) atoms. The molecule has 0 atom stereocenters. The van der Waals surface area contributed by atoms with Crippen LogP contribution in [0.4, 0.5) is 10.2 Å². The maximum Gasteiger partial charge on any atom is 0.259 e. The molecule has 4 nitrogen and oxygen atoms in total. The van der Waals surface area contributed by atoms with E-state index >= 15 is 0 Å². The molecular formula is C19H20FN3O. The Hall–Kier alpha value is -2.53. The molecule has 1 fully saturated rings. The van der Waals surface area contributed by atoms with Crippen molar-refractivity contribution in [3.63, 3.8) is 0 Å². The lowest BCUT2D eigenvalue weighted by Gasteiger charge is -2.23. The van der Waals surface area contributed by atoms with Crippen molar-refractivity contribution >= 4 is 17.8 Å². The standard InChI is InChI=1S/C19H20FN3O/c1-23-11-9-14(10-12-23)13-15-5-4-8-18(21-15)22-19(24)16-6-2-3-7-17(16)20/h2-8,13H,9-12H2,1H3,(H,21,22,24). The van der Waals surface area contributed by atoms with Crippen LogP contribution in [0, 0.1) is 5.82 Å². The number of piperidine rings is 1. The highest BCUT2D eigenvalue weighted by Gasteiger charge is 2.12. The minimum atomic E-state index is -0.542. The third-order valence-electron chi connectivity index (χ3n) is 4.11. The van der Waals surface area contributed by atoms with E-state index in [4.69, 9.17) is 0 Å². The number of carbonyl (C=O) groups is 1. The van der Waals surface area contributed by atoms with E-state index in [-0.39, 0.29) is 5.56 Å². The van der Waals surface area contributed by atoms with Crippen molar-refractivity contribution in [1.82, 2.24) is 9.88 Å². The summed E-state index contributed by atoms with van der Waals surface area (Å²) in [5.74, 6) is -0.616. The number of nitrogens with one attached hydrogen (secondary N) is 1. The van der Waals surface area contributed by atoms with Crippen LogP contribution in [0.3, 0.4) is 0 Å². The van der Waals surface area contributed by atoms with E-state index in [9.17, 15) is 9.18 Å². The van der Waals surface area contributed by atoms with Crippen molar-refractivity contribution in [1.29, 1.82) is 0 Å². The number of benzene rings is 1. The number of halogens is 1. The molecule has 1 aliphatic heterocycles. The monoisotopic (exact) mass is 325 g/mol. The fraction of sp³-hybridized carbons (Fsp3) is 0.263. The van der Waals surface area contributed by atoms with Crippen LogP contribution in [0.2, 0.25) is 0 Å². The number of carbonyl (C=O) groups excluding carboxylic acids is 1. The van der Waals surface area contributed by atoms with Gasteiger partial charge < -0.3 is 10.2 Å². The van der Waals surface area contributed by atoms with Gasteiger partial charge in [0.05, 0.1) is 11.3 Å². The normalized spacial score (nSPS) is 15.2. The zero-order valence-corrected chi connectivity index (χ0v) is 13.6. The quantitative estimate of drug-likeness (QED) is 0.938. The van der Waals surface area contributed by atoms with E-state index in [2.05, 4.69) is 28.3 Å². The molecule has 0 unspecified atom stereocenters. The lowest BCUT2D eigenvalue weighted by atomic mass is 10.0. The van der Waals surface area contributed by atoms with Crippen LogP contribution in [-0.2, 0) is 0 Å². The summed E-state index contributed by atoms with van der Waals surface area (Å²) in [7, 11) is 2.12. The largest absolute Gasteiger partial charge is 0.306 e. The van der Waals surface area contributed by atoms with E-state index in [1.165, 1.54) is 17.7 Å². The first-order chi connectivity index (χ1) is 11.6. The summed E-state index contributed by atoms with van der Waals surface area (Å²) >= 11 is 0. The van der Waals surface area contributed by atoms with E-state index < -0.39 is 11.7 Å². The topological polar surface area (TPSA) is 45.2 Å². The molecule has 0 radical (unpaired) electrons. The number of aromatic nitrogens is 1. The zero-order chi connectivity index (χ0) is 16.9. The molecule has 0 bridgehead atoms. The van der Waals surface area contributed by atoms with Crippen LogP contribution in [-0.4, -0.2) is 35.9 Å². The van der Waals surface area contributed by atoms with Crippen LogP contribution < -0.4 is 5.32 Å². The van der Waals surface area contributed by atoms with Gasteiger partial charge in [0.15, 0.2) is 0 Å². The molecule has 0 saturated carbocycles. The summed E-state index contributed by atoms with van der Waals surface area (Å²) in [6, 6.07) is 11.4. The van der Waals surface area contributed by atoms with Gasteiger partial charge in [0.25, 0.3) is 5.91 Å². The predicted octanol–water partition coefficient (Wildman–Crippen LogP) is 3.58. The molecule has 1 amide bonds. The fourth-order valence-electron chi connectivity index (χ4n) is 2.69. The van der Waals surface area contributed by atoms with Crippen LogP contribution >= 0.6 is 0 Å². The second kappa shape index (κ2) is 7.36. The first-order valence-corrected chi connectivity index (χ1v) is 8.03. The van der Waals surface area contributed by atoms with Gasteiger partial charge in [-0.3, -0.25) is 4.79 Å². The van der Waals surface area contributed by atoms with Gasteiger partial charge >= 0.3 is 0 Å². The number of hydrogen-bond donors (Lipinski definition) is 1. The van der Waals surface area contributed by atoms with Crippen molar-refractivity contribution in [2.75, 3.05) is 25.5 Å². The van der Waals surface area contributed by atoms with Crippen molar-refractivity contribution in [2.45, 2.75) is 12.8 Å². The highest BCUT2D eigenvalue weighted by molar-refractivity contribution is 6.03. The summed E-state index contributed by atoms with van der Waals surface area (Å²) < 4.78 is 13.7. The van der Waals surface area contributed by atoms with Gasteiger partial charge in [-0.1, -0.05) is 23.8 Å². The Kier molecular flexibility index (Phi) is 5.01. The average molecular weight is 325 g/mol. The van der Waals surface area contributed by atoms with Crippen LogP contribution in [0.1, 0.15) is 28.9 Å². The number of amides is 1. The maximum atomic E-state index is 13.7. The summed E-state index contributed by atoms with van der Waals surface area (Å²) in [5.41, 5.74) is 2.18. The van der Waals surface area contributed by atoms with Crippen LogP contribution in [0.5, 0.6) is 0 Å². The number of likely N-dealkylation sites (tertiary alicyclic amines) is 1. The summed E-state index contributed by atoms with van der Waals surface area (Å²) in [6.07, 6.45) is 4.14. The second-order valence-corrected chi connectivity index (χ2v) is 5.99. The molecule has 1 aliphatic rings. The van der Waals surface area contributed by atoms with Gasteiger partial charge in [0.2, 0.25) is 0 Å². The molecule has 2 heterocycles. The number of rotatable bonds is 3. The highest BCUT2D eigenvalue weighted by atomic mass is 19.1. The minimum absolute atomic E-state index is 0.0124. The number of anilines is 1. The predicted molar refractivity (Wildman–Crippen MR) is 93.3 cm³/mol. The smallest absolute Gasteiger partial charge is 0.259 e.